The predicted octanol–water partition coefficient (Wildman–Crippen LogP) is 3.45. The van der Waals surface area contributed by atoms with E-state index in [2.05, 4.69) is 15.9 Å². The van der Waals surface area contributed by atoms with Crippen LogP contribution in [-0.2, 0) is 0 Å². The number of carbonyl (C=O) groups is 1. The van der Waals surface area contributed by atoms with Gasteiger partial charge in [-0.05, 0) is 34.1 Å². The van der Waals surface area contributed by atoms with E-state index in [4.69, 9.17) is 9.52 Å². The van der Waals surface area contributed by atoms with Crippen LogP contribution in [-0.4, -0.2) is 16.0 Å². The molecule has 0 aliphatic carbocycles. The van der Waals surface area contributed by atoms with Crippen LogP contribution in [0.25, 0.3) is 11.1 Å². The van der Waals surface area contributed by atoms with Gasteiger partial charge in [0.15, 0.2) is 0 Å². The fraction of sp³-hybridized carbons (Fsp3) is 0. The number of hydrogen-bond donors (Lipinski definition) is 1. The Bertz CT molecular complexity index is 682. The zero-order valence-corrected chi connectivity index (χ0v) is 10.7. The lowest BCUT2D eigenvalue weighted by Gasteiger charge is -2.04. The van der Waals surface area contributed by atoms with Crippen molar-refractivity contribution in [1.29, 1.82) is 0 Å². The molecule has 0 aliphatic rings. The molecule has 0 radical (unpaired) electrons. The number of hydrogen-bond acceptors (Lipinski definition) is 4. The Balaban J connectivity index is 2.76. The van der Waals surface area contributed by atoms with E-state index in [1.165, 1.54) is 18.2 Å². The van der Waals surface area contributed by atoms with E-state index in [1.807, 2.05) is 0 Å². The topological polar surface area (TPSA) is 93.6 Å². The largest absolute Gasteiger partial charge is 0.475 e. The van der Waals surface area contributed by atoms with Crippen LogP contribution in [0.4, 0.5) is 10.1 Å². The minimum absolute atomic E-state index is 0.0504. The highest BCUT2D eigenvalue weighted by Crippen LogP contribution is 2.37. The SMILES string of the molecule is O=C(O)c1occc1-c1ccc(Br)c(F)c1[N+](=O)[O-]. The number of halogens is 2. The Labute approximate surface area is 113 Å². The number of carboxylic acid groups (broad SMARTS) is 1. The van der Waals surface area contributed by atoms with E-state index < -0.39 is 28.2 Å². The number of nitro groups is 1. The van der Waals surface area contributed by atoms with Crippen molar-refractivity contribution < 1.29 is 23.6 Å². The molecule has 19 heavy (non-hydrogen) atoms. The van der Waals surface area contributed by atoms with Gasteiger partial charge in [-0.25, -0.2) is 4.79 Å². The van der Waals surface area contributed by atoms with Crippen molar-refractivity contribution in [2.45, 2.75) is 0 Å². The molecule has 0 saturated heterocycles. The van der Waals surface area contributed by atoms with Crippen LogP contribution in [0.5, 0.6) is 0 Å². The van der Waals surface area contributed by atoms with Crippen LogP contribution in [0.15, 0.2) is 33.4 Å². The van der Waals surface area contributed by atoms with Crippen LogP contribution in [0.1, 0.15) is 10.6 Å². The number of aromatic carboxylic acids is 1. The molecule has 8 heteroatoms. The van der Waals surface area contributed by atoms with Gasteiger partial charge < -0.3 is 9.52 Å². The van der Waals surface area contributed by atoms with Crippen molar-refractivity contribution in [1.82, 2.24) is 0 Å². The maximum atomic E-state index is 13.8. The van der Waals surface area contributed by atoms with Crippen LogP contribution in [0.3, 0.4) is 0 Å². The molecule has 2 rings (SSSR count). The van der Waals surface area contributed by atoms with Crippen molar-refractivity contribution in [3.8, 4) is 11.1 Å². The third-order valence-electron chi connectivity index (χ3n) is 2.40. The van der Waals surface area contributed by atoms with Crippen LogP contribution in [0.2, 0.25) is 0 Å². The highest BCUT2D eigenvalue weighted by atomic mass is 79.9. The Morgan fingerprint density at radius 2 is 2.05 bits per heavy atom. The lowest BCUT2D eigenvalue weighted by atomic mass is 10.0. The van der Waals surface area contributed by atoms with E-state index in [0.717, 1.165) is 6.26 Å². The second kappa shape index (κ2) is 4.81. The van der Waals surface area contributed by atoms with Gasteiger partial charge in [-0.3, -0.25) is 10.1 Å². The van der Waals surface area contributed by atoms with Crippen LogP contribution in [0, 0.1) is 15.9 Å². The summed E-state index contributed by atoms with van der Waals surface area (Å²) < 4.78 is 18.4. The van der Waals surface area contributed by atoms with Gasteiger partial charge in [0.1, 0.15) is 0 Å². The van der Waals surface area contributed by atoms with Gasteiger partial charge >= 0.3 is 11.7 Å². The number of benzene rings is 1. The van der Waals surface area contributed by atoms with Crippen molar-refractivity contribution in [2.24, 2.45) is 0 Å². The summed E-state index contributed by atoms with van der Waals surface area (Å²) >= 11 is 2.84. The number of carboxylic acids is 1. The summed E-state index contributed by atoms with van der Waals surface area (Å²) in [6.07, 6.45) is 1.07. The molecule has 0 amide bonds. The molecule has 2 aromatic rings. The summed E-state index contributed by atoms with van der Waals surface area (Å²) in [5, 5.41) is 19.8. The average Bonchev–Trinajstić information content (AvgIpc) is 2.80. The Kier molecular flexibility index (Phi) is 3.34. The highest BCUT2D eigenvalue weighted by molar-refractivity contribution is 9.10. The molecule has 0 unspecified atom stereocenters. The second-order valence-electron chi connectivity index (χ2n) is 3.48. The molecular weight excluding hydrogens is 325 g/mol. The summed E-state index contributed by atoms with van der Waals surface area (Å²) in [6.45, 7) is 0. The van der Waals surface area contributed by atoms with Gasteiger partial charge in [0.25, 0.3) is 0 Å². The zero-order chi connectivity index (χ0) is 14.2. The summed E-state index contributed by atoms with van der Waals surface area (Å²) in [6, 6.07) is 3.75. The summed E-state index contributed by atoms with van der Waals surface area (Å²) in [5.74, 6) is -2.94. The number of furan rings is 1. The maximum Gasteiger partial charge on any atom is 0.372 e. The zero-order valence-electron chi connectivity index (χ0n) is 9.09. The van der Waals surface area contributed by atoms with Gasteiger partial charge in [0.2, 0.25) is 11.6 Å². The number of nitrogens with zero attached hydrogens (tertiary/aromatic N) is 1. The molecular formula is C11H5BrFNO5. The third-order valence-corrected chi connectivity index (χ3v) is 3.01. The summed E-state index contributed by atoms with van der Waals surface area (Å²) in [7, 11) is 0. The molecule has 1 aromatic carbocycles. The standard InChI is InChI=1S/C11H5BrFNO5/c12-7-2-1-5(9(8(7)13)14(17)18)6-3-4-19-10(6)11(15)16/h1-4H,(H,15,16). The number of rotatable bonds is 3. The minimum Gasteiger partial charge on any atom is -0.475 e. The Hall–Kier alpha value is -2.22. The van der Waals surface area contributed by atoms with Gasteiger partial charge in [0, 0.05) is 5.56 Å². The molecule has 1 N–H and O–H groups in total. The van der Waals surface area contributed by atoms with E-state index in [1.54, 1.807) is 0 Å². The first-order valence-corrected chi connectivity index (χ1v) is 5.66. The second-order valence-corrected chi connectivity index (χ2v) is 4.34. The molecule has 1 aromatic heterocycles. The van der Waals surface area contributed by atoms with Gasteiger partial charge in [0.05, 0.1) is 21.2 Å². The molecule has 0 fully saturated rings. The van der Waals surface area contributed by atoms with Crippen molar-refractivity contribution in [2.75, 3.05) is 0 Å². The lowest BCUT2D eigenvalue weighted by molar-refractivity contribution is -0.386. The van der Waals surface area contributed by atoms with E-state index in [-0.39, 0.29) is 15.6 Å². The first-order valence-electron chi connectivity index (χ1n) is 4.87. The molecule has 1 heterocycles. The first-order chi connectivity index (χ1) is 8.93. The molecule has 0 spiro atoms. The van der Waals surface area contributed by atoms with Crippen molar-refractivity contribution >= 4 is 27.6 Å². The molecule has 0 bridgehead atoms. The number of nitro benzene ring substituents is 1. The summed E-state index contributed by atoms with van der Waals surface area (Å²) in [4.78, 5) is 21.0. The highest BCUT2D eigenvalue weighted by Gasteiger charge is 2.27. The van der Waals surface area contributed by atoms with Crippen LogP contribution < -0.4 is 0 Å². The predicted molar refractivity (Wildman–Crippen MR) is 65.4 cm³/mol. The third kappa shape index (κ3) is 2.22. The molecule has 98 valence electrons. The lowest BCUT2D eigenvalue weighted by Crippen LogP contribution is -2.00. The normalized spacial score (nSPS) is 10.4. The van der Waals surface area contributed by atoms with Crippen molar-refractivity contribution in [3.05, 3.63) is 50.6 Å². The smallest absolute Gasteiger partial charge is 0.372 e. The fourth-order valence-corrected chi connectivity index (χ4v) is 1.94. The van der Waals surface area contributed by atoms with E-state index in [9.17, 15) is 19.3 Å². The molecule has 0 atom stereocenters. The molecule has 0 saturated carbocycles. The van der Waals surface area contributed by atoms with Gasteiger partial charge in [-0.2, -0.15) is 4.39 Å². The van der Waals surface area contributed by atoms with Crippen LogP contribution >= 0.6 is 15.9 Å². The monoisotopic (exact) mass is 329 g/mol. The Morgan fingerprint density at radius 3 is 2.63 bits per heavy atom. The fourth-order valence-electron chi connectivity index (χ4n) is 1.62. The summed E-state index contributed by atoms with van der Waals surface area (Å²) in [5.41, 5.74) is -1.01. The molecule has 0 aliphatic heterocycles. The van der Waals surface area contributed by atoms with Crippen molar-refractivity contribution in [3.63, 3.8) is 0 Å². The molecule has 6 nitrogen and oxygen atoms in total. The van der Waals surface area contributed by atoms with Gasteiger partial charge in [-0.15, -0.1) is 0 Å². The van der Waals surface area contributed by atoms with Gasteiger partial charge in [-0.1, -0.05) is 0 Å². The maximum absolute atomic E-state index is 13.8. The quantitative estimate of drug-likeness (QED) is 0.687. The Morgan fingerprint density at radius 1 is 1.37 bits per heavy atom. The van der Waals surface area contributed by atoms with E-state index in [0.29, 0.717) is 0 Å². The van der Waals surface area contributed by atoms with E-state index >= 15 is 0 Å². The minimum atomic E-state index is -1.39. The average molecular weight is 330 g/mol. The first kappa shape index (κ1) is 13.2.